The lowest BCUT2D eigenvalue weighted by Gasteiger charge is -2.12. The smallest absolute Gasteiger partial charge is 0.261 e. The normalized spacial score (nSPS) is 14.0. The van der Waals surface area contributed by atoms with Crippen molar-refractivity contribution in [2.75, 3.05) is 17.0 Å². The minimum Gasteiger partial charge on any atom is -0.274 e. The van der Waals surface area contributed by atoms with Gasteiger partial charge in [-0.3, -0.25) is 19.2 Å². The van der Waals surface area contributed by atoms with Crippen LogP contribution in [0.2, 0.25) is 0 Å². The van der Waals surface area contributed by atoms with Crippen molar-refractivity contribution in [1.82, 2.24) is 15.1 Å². The molecule has 0 fully saturated rings. The third-order valence-electron chi connectivity index (χ3n) is 3.90. The van der Waals surface area contributed by atoms with Crippen molar-refractivity contribution in [3.8, 4) is 0 Å². The van der Waals surface area contributed by atoms with Crippen LogP contribution in [0.4, 0.5) is 5.13 Å². The Bertz CT molecular complexity index is 904. The summed E-state index contributed by atoms with van der Waals surface area (Å²) >= 11 is 1.10. The average Bonchev–Trinajstić information content (AvgIpc) is 3.15. The molecule has 1 aliphatic heterocycles. The van der Waals surface area contributed by atoms with Gasteiger partial charge in [-0.15, -0.1) is 10.2 Å². The van der Waals surface area contributed by atoms with Gasteiger partial charge < -0.3 is 0 Å². The Morgan fingerprint density at radius 2 is 1.77 bits per heavy atom. The third kappa shape index (κ3) is 3.91. The van der Waals surface area contributed by atoms with E-state index in [1.54, 1.807) is 24.3 Å². The van der Waals surface area contributed by atoms with Crippen LogP contribution < -0.4 is 4.72 Å². The highest BCUT2D eigenvalue weighted by atomic mass is 32.2. The summed E-state index contributed by atoms with van der Waals surface area (Å²) in [5.41, 5.74) is 0.804. The zero-order chi connectivity index (χ0) is 18.7. The molecule has 3 rings (SSSR count). The Hall–Kier alpha value is -2.33. The highest BCUT2D eigenvalue weighted by molar-refractivity contribution is 7.92. The van der Waals surface area contributed by atoms with Crippen molar-refractivity contribution in [3.05, 3.63) is 40.4 Å². The first-order valence-electron chi connectivity index (χ1n) is 8.19. The van der Waals surface area contributed by atoms with E-state index in [0.717, 1.165) is 17.8 Å². The van der Waals surface area contributed by atoms with Gasteiger partial charge in [0.15, 0.2) is 0 Å². The molecule has 1 aromatic heterocycles. The Kier molecular flexibility index (Phi) is 5.33. The van der Waals surface area contributed by atoms with E-state index >= 15 is 0 Å². The lowest BCUT2D eigenvalue weighted by molar-refractivity contribution is 0.0656. The second-order valence-electron chi connectivity index (χ2n) is 5.83. The summed E-state index contributed by atoms with van der Waals surface area (Å²) < 4.78 is 26.2. The van der Waals surface area contributed by atoms with E-state index in [1.807, 2.05) is 6.92 Å². The van der Waals surface area contributed by atoms with Gasteiger partial charge >= 0.3 is 0 Å². The number of carbonyl (C=O) groups is 2. The fourth-order valence-corrected chi connectivity index (χ4v) is 4.77. The summed E-state index contributed by atoms with van der Waals surface area (Å²) in [5.74, 6) is -0.612. The molecule has 0 unspecified atom stereocenters. The van der Waals surface area contributed by atoms with Crippen molar-refractivity contribution in [1.29, 1.82) is 0 Å². The number of imide groups is 1. The van der Waals surface area contributed by atoms with Crippen molar-refractivity contribution in [3.63, 3.8) is 0 Å². The van der Waals surface area contributed by atoms with E-state index < -0.39 is 10.0 Å². The summed E-state index contributed by atoms with van der Waals surface area (Å²) in [5, 5.41) is 8.50. The summed E-state index contributed by atoms with van der Waals surface area (Å²) in [4.78, 5) is 25.8. The van der Waals surface area contributed by atoms with Crippen LogP contribution in [-0.4, -0.2) is 47.6 Å². The molecule has 0 aliphatic carbocycles. The highest BCUT2D eigenvalue weighted by Crippen LogP contribution is 2.23. The topological polar surface area (TPSA) is 109 Å². The van der Waals surface area contributed by atoms with Crippen LogP contribution in [0.25, 0.3) is 0 Å². The second-order valence-corrected chi connectivity index (χ2v) is 8.74. The molecule has 2 heterocycles. The molecule has 26 heavy (non-hydrogen) atoms. The molecule has 0 bridgehead atoms. The number of rotatable bonds is 8. The van der Waals surface area contributed by atoms with Crippen LogP contribution in [0.5, 0.6) is 0 Å². The summed E-state index contributed by atoms with van der Waals surface area (Å²) in [6, 6.07) is 6.69. The van der Waals surface area contributed by atoms with Crippen LogP contribution in [-0.2, 0) is 16.4 Å². The molecular weight excluding hydrogens is 376 g/mol. The molecule has 8 nitrogen and oxygen atoms in total. The fourth-order valence-electron chi connectivity index (χ4n) is 2.56. The average molecular weight is 394 g/mol. The minimum atomic E-state index is -3.43. The molecule has 2 amide bonds. The van der Waals surface area contributed by atoms with E-state index in [0.29, 0.717) is 29.0 Å². The first-order valence-corrected chi connectivity index (χ1v) is 10.7. The molecule has 138 valence electrons. The number of nitrogens with zero attached hydrogens (tertiary/aromatic N) is 3. The second kappa shape index (κ2) is 7.50. The van der Waals surface area contributed by atoms with Gasteiger partial charge in [-0.2, -0.15) is 0 Å². The van der Waals surface area contributed by atoms with Crippen molar-refractivity contribution >= 4 is 38.3 Å². The van der Waals surface area contributed by atoms with Crippen molar-refractivity contribution in [2.24, 2.45) is 0 Å². The Labute approximate surface area is 155 Å². The highest BCUT2D eigenvalue weighted by Gasteiger charge is 2.34. The van der Waals surface area contributed by atoms with E-state index in [9.17, 15) is 18.0 Å². The van der Waals surface area contributed by atoms with E-state index in [4.69, 9.17) is 0 Å². The first-order chi connectivity index (χ1) is 12.4. The van der Waals surface area contributed by atoms with Crippen LogP contribution in [0.3, 0.4) is 0 Å². The van der Waals surface area contributed by atoms with Gasteiger partial charge in [-0.1, -0.05) is 36.8 Å². The Balaban J connectivity index is 1.61. The van der Waals surface area contributed by atoms with E-state index in [-0.39, 0.29) is 29.2 Å². The third-order valence-corrected chi connectivity index (χ3v) is 6.26. The van der Waals surface area contributed by atoms with Gasteiger partial charge in [-0.25, -0.2) is 8.42 Å². The fraction of sp³-hybridized carbons (Fsp3) is 0.375. The molecule has 1 N–H and O–H groups in total. The number of fused-ring (bicyclic) bond motifs is 1. The molecule has 2 aromatic rings. The molecule has 0 atom stereocenters. The Morgan fingerprint density at radius 1 is 1.12 bits per heavy atom. The van der Waals surface area contributed by atoms with Crippen LogP contribution in [0.1, 0.15) is 45.5 Å². The number of unbranched alkanes of at least 4 members (excludes halogenated alkanes) is 1. The Morgan fingerprint density at radius 3 is 2.38 bits per heavy atom. The van der Waals surface area contributed by atoms with E-state index in [1.165, 1.54) is 4.90 Å². The zero-order valence-electron chi connectivity index (χ0n) is 14.1. The first kappa shape index (κ1) is 18.5. The molecule has 1 aromatic carbocycles. The van der Waals surface area contributed by atoms with Crippen LogP contribution >= 0.6 is 11.3 Å². The predicted molar refractivity (Wildman–Crippen MR) is 97.7 cm³/mol. The molecule has 0 saturated heterocycles. The predicted octanol–water partition coefficient (Wildman–Crippen LogP) is 1.92. The number of aromatic nitrogens is 2. The number of carbonyl (C=O) groups excluding carboxylic acids is 2. The number of anilines is 1. The SMILES string of the molecule is CCCCS(=O)(=O)Nc1nnc(CCN2C(=O)c3ccccc3C2=O)s1. The molecule has 0 radical (unpaired) electrons. The van der Waals surface area contributed by atoms with Gasteiger partial charge in [0, 0.05) is 13.0 Å². The maximum atomic E-state index is 12.3. The minimum absolute atomic E-state index is 0.0352. The summed E-state index contributed by atoms with van der Waals surface area (Å²) in [6.07, 6.45) is 1.67. The maximum absolute atomic E-state index is 12.3. The van der Waals surface area contributed by atoms with Crippen molar-refractivity contribution in [2.45, 2.75) is 26.2 Å². The van der Waals surface area contributed by atoms with Gasteiger partial charge in [0.2, 0.25) is 15.2 Å². The molecule has 0 saturated carbocycles. The molecular formula is C16H18N4O4S2. The zero-order valence-corrected chi connectivity index (χ0v) is 15.8. The number of nitrogens with one attached hydrogen (secondary N) is 1. The monoisotopic (exact) mass is 394 g/mol. The summed E-state index contributed by atoms with van der Waals surface area (Å²) in [7, 11) is -3.43. The van der Waals surface area contributed by atoms with Crippen molar-refractivity contribution < 1.29 is 18.0 Å². The van der Waals surface area contributed by atoms with Crippen LogP contribution in [0.15, 0.2) is 24.3 Å². The number of amides is 2. The number of hydrogen-bond donors (Lipinski definition) is 1. The largest absolute Gasteiger partial charge is 0.274 e. The lowest BCUT2D eigenvalue weighted by Crippen LogP contribution is -2.31. The quantitative estimate of drug-likeness (QED) is 0.685. The van der Waals surface area contributed by atoms with Crippen LogP contribution in [0, 0.1) is 0 Å². The standard InChI is InChI=1S/C16H18N4O4S2/c1-2-3-10-26(23,24)19-16-18-17-13(25-16)8-9-20-14(21)11-6-4-5-7-12(11)15(20)22/h4-7H,2-3,8-10H2,1H3,(H,18,19). The van der Waals surface area contributed by atoms with Gasteiger partial charge in [0.25, 0.3) is 11.8 Å². The number of hydrogen-bond acceptors (Lipinski definition) is 7. The molecule has 10 heteroatoms. The van der Waals surface area contributed by atoms with E-state index in [2.05, 4.69) is 14.9 Å². The molecule has 1 aliphatic rings. The van der Waals surface area contributed by atoms with Gasteiger partial charge in [-0.05, 0) is 18.6 Å². The number of sulfonamides is 1. The summed E-state index contributed by atoms with van der Waals surface area (Å²) in [6.45, 7) is 2.08. The molecule has 0 spiro atoms. The number of benzene rings is 1. The van der Waals surface area contributed by atoms with Gasteiger partial charge in [0.05, 0.1) is 16.9 Å². The van der Waals surface area contributed by atoms with Gasteiger partial charge in [0.1, 0.15) is 5.01 Å². The maximum Gasteiger partial charge on any atom is 0.261 e. The lowest BCUT2D eigenvalue weighted by atomic mass is 10.1.